The lowest BCUT2D eigenvalue weighted by molar-refractivity contribution is -0.147. The average molecular weight is 270 g/mol. The van der Waals surface area contributed by atoms with Crippen LogP contribution >= 0.6 is 0 Å². The van der Waals surface area contributed by atoms with Gasteiger partial charge in [-0.3, -0.25) is 4.79 Å². The summed E-state index contributed by atoms with van der Waals surface area (Å²) < 4.78 is 26.5. The number of hydrogen-bond donors (Lipinski definition) is 1. The van der Waals surface area contributed by atoms with Gasteiger partial charge in [-0.1, -0.05) is 0 Å². The number of nitrogens with zero attached hydrogens (tertiary/aromatic N) is 2. The number of amides is 1. The Morgan fingerprint density at radius 2 is 2.16 bits per heavy atom. The molecule has 1 saturated heterocycles. The predicted octanol–water partition coefficient (Wildman–Crippen LogP) is 1.44. The lowest BCUT2D eigenvalue weighted by atomic mass is 9.98. The maximum absolute atomic E-state index is 13.5. The Balaban J connectivity index is 2.39. The van der Waals surface area contributed by atoms with Crippen LogP contribution in [0.15, 0.2) is 12.3 Å². The molecular formula is C12H12F2N2O3. The van der Waals surface area contributed by atoms with Crippen LogP contribution in [-0.2, 0) is 4.79 Å². The lowest BCUT2D eigenvalue weighted by Gasteiger charge is -2.31. The van der Waals surface area contributed by atoms with Crippen molar-refractivity contribution in [2.75, 3.05) is 6.54 Å². The van der Waals surface area contributed by atoms with Gasteiger partial charge in [-0.2, -0.15) is 4.39 Å². The van der Waals surface area contributed by atoms with Gasteiger partial charge in [0.05, 0.1) is 5.56 Å². The minimum Gasteiger partial charge on any atom is -0.480 e. The number of carbonyl (C=O) groups excluding carboxylic acids is 1. The molecular weight excluding hydrogens is 258 g/mol. The van der Waals surface area contributed by atoms with E-state index in [1.165, 1.54) is 6.92 Å². The summed E-state index contributed by atoms with van der Waals surface area (Å²) in [6.07, 6.45) is 1.76. The van der Waals surface area contributed by atoms with E-state index in [0.29, 0.717) is 6.42 Å². The molecule has 0 radical (unpaired) electrons. The summed E-state index contributed by atoms with van der Waals surface area (Å²) in [5.74, 6) is -4.72. The van der Waals surface area contributed by atoms with Crippen LogP contribution in [0.1, 0.15) is 30.1 Å². The number of hydrogen-bond acceptors (Lipinski definition) is 3. The second-order valence-corrected chi connectivity index (χ2v) is 4.60. The lowest BCUT2D eigenvalue weighted by Crippen LogP contribution is -2.51. The van der Waals surface area contributed by atoms with E-state index in [9.17, 15) is 23.5 Å². The molecule has 1 atom stereocenters. The van der Waals surface area contributed by atoms with E-state index in [2.05, 4.69) is 4.98 Å². The Kier molecular flexibility index (Phi) is 3.21. The van der Waals surface area contributed by atoms with Gasteiger partial charge >= 0.3 is 5.97 Å². The summed E-state index contributed by atoms with van der Waals surface area (Å²) in [6, 6.07) is 1.04. The van der Waals surface area contributed by atoms with Crippen molar-refractivity contribution in [3.8, 4) is 0 Å². The first-order valence-corrected chi connectivity index (χ1v) is 5.73. The number of aliphatic carboxylic acids is 1. The van der Waals surface area contributed by atoms with Crippen molar-refractivity contribution in [2.24, 2.45) is 0 Å². The van der Waals surface area contributed by atoms with Crippen molar-refractivity contribution < 1.29 is 23.5 Å². The van der Waals surface area contributed by atoms with Crippen LogP contribution in [0.25, 0.3) is 0 Å². The largest absolute Gasteiger partial charge is 0.480 e. The summed E-state index contributed by atoms with van der Waals surface area (Å²) in [7, 11) is 0. The summed E-state index contributed by atoms with van der Waals surface area (Å²) in [5, 5.41) is 9.19. The van der Waals surface area contributed by atoms with Gasteiger partial charge in [0, 0.05) is 12.7 Å². The molecule has 7 heteroatoms. The second kappa shape index (κ2) is 4.56. The van der Waals surface area contributed by atoms with Gasteiger partial charge in [-0.05, 0) is 25.8 Å². The highest BCUT2D eigenvalue weighted by molar-refractivity contribution is 5.98. The number of halogens is 2. The van der Waals surface area contributed by atoms with Crippen molar-refractivity contribution in [3.63, 3.8) is 0 Å². The third-order valence-electron chi connectivity index (χ3n) is 3.42. The molecule has 1 amide bonds. The smallest absolute Gasteiger partial charge is 0.329 e. The molecule has 1 aliphatic rings. The number of pyridine rings is 1. The van der Waals surface area contributed by atoms with E-state index in [0.717, 1.165) is 17.2 Å². The minimum atomic E-state index is -1.39. The molecule has 0 saturated carbocycles. The van der Waals surface area contributed by atoms with E-state index in [1.807, 2.05) is 0 Å². The molecule has 1 fully saturated rings. The summed E-state index contributed by atoms with van der Waals surface area (Å²) >= 11 is 0. The van der Waals surface area contributed by atoms with Gasteiger partial charge in [0.2, 0.25) is 5.95 Å². The van der Waals surface area contributed by atoms with E-state index in [4.69, 9.17) is 0 Å². The first kappa shape index (κ1) is 13.4. The minimum absolute atomic E-state index is 0.199. The quantitative estimate of drug-likeness (QED) is 0.825. The molecule has 1 aromatic heterocycles. The summed E-state index contributed by atoms with van der Waals surface area (Å²) in [4.78, 5) is 27.6. The van der Waals surface area contributed by atoms with Crippen molar-refractivity contribution >= 4 is 11.9 Å². The van der Waals surface area contributed by atoms with Crippen molar-refractivity contribution in [1.29, 1.82) is 0 Å². The molecule has 1 aromatic rings. The fraction of sp³-hybridized carbons (Fsp3) is 0.417. The Morgan fingerprint density at radius 1 is 1.47 bits per heavy atom. The number of carbonyl (C=O) groups is 2. The highest BCUT2D eigenvalue weighted by atomic mass is 19.2. The van der Waals surface area contributed by atoms with Gasteiger partial charge in [-0.25, -0.2) is 14.2 Å². The van der Waals surface area contributed by atoms with E-state index in [-0.39, 0.29) is 13.0 Å². The fourth-order valence-electron chi connectivity index (χ4n) is 2.24. The van der Waals surface area contributed by atoms with E-state index < -0.39 is 34.7 Å². The van der Waals surface area contributed by atoms with E-state index in [1.54, 1.807) is 0 Å². The Morgan fingerprint density at radius 3 is 2.79 bits per heavy atom. The molecule has 0 bridgehead atoms. The fourth-order valence-corrected chi connectivity index (χ4v) is 2.24. The van der Waals surface area contributed by atoms with Crippen molar-refractivity contribution in [1.82, 2.24) is 9.88 Å². The van der Waals surface area contributed by atoms with Crippen LogP contribution in [0.2, 0.25) is 0 Å². The molecule has 0 aliphatic carbocycles. The monoisotopic (exact) mass is 270 g/mol. The number of likely N-dealkylation sites (tertiary alicyclic amines) is 1. The molecule has 2 heterocycles. The van der Waals surface area contributed by atoms with Crippen molar-refractivity contribution in [3.05, 3.63) is 29.6 Å². The maximum atomic E-state index is 13.5. The normalized spacial score (nSPS) is 22.6. The molecule has 1 N–H and O–H groups in total. The van der Waals surface area contributed by atoms with Crippen LogP contribution in [0.4, 0.5) is 8.78 Å². The SMILES string of the molecule is CC1(C(=O)O)CCCN1C(=O)c1ccnc(F)c1F. The van der Waals surface area contributed by atoms with Crippen molar-refractivity contribution in [2.45, 2.75) is 25.3 Å². The first-order valence-electron chi connectivity index (χ1n) is 5.73. The van der Waals surface area contributed by atoms with Crippen LogP contribution in [0.3, 0.4) is 0 Å². The third kappa shape index (κ3) is 2.05. The average Bonchev–Trinajstić information content (AvgIpc) is 2.75. The Labute approximate surface area is 107 Å². The van der Waals surface area contributed by atoms with Gasteiger partial charge in [0.1, 0.15) is 5.54 Å². The van der Waals surface area contributed by atoms with Gasteiger partial charge in [0.15, 0.2) is 5.82 Å². The number of carboxylic acid groups (broad SMARTS) is 1. The highest BCUT2D eigenvalue weighted by Gasteiger charge is 2.46. The third-order valence-corrected chi connectivity index (χ3v) is 3.42. The number of carboxylic acids is 1. The highest BCUT2D eigenvalue weighted by Crippen LogP contribution is 2.31. The number of aromatic nitrogens is 1. The molecule has 0 spiro atoms. The predicted molar refractivity (Wildman–Crippen MR) is 60.5 cm³/mol. The van der Waals surface area contributed by atoms with Crippen LogP contribution in [0.5, 0.6) is 0 Å². The molecule has 102 valence electrons. The van der Waals surface area contributed by atoms with Crippen LogP contribution in [-0.4, -0.2) is 39.0 Å². The zero-order valence-corrected chi connectivity index (χ0v) is 10.2. The van der Waals surface area contributed by atoms with Crippen LogP contribution in [0, 0.1) is 11.8 Å². The molecule has 2 rings (SSSR count). The van der Waals surface area contributed by atoms with Gasteiger partial charge in [-0.15, -0.1) is 0 Å². The molecule has 0 aromatic carbocycles. The topological polar surface area (TPSA) is 70.5 Å². The molecule has 1 aliphatic heterocycles. The first-order chi connectivity index (χ1) is 8.88. The van der Waals surface area contributed by atoms with Crippen LogP contribution < -0.4 is 0 Å². The van der Waals surface area contributed by atoms with Gasteiger partial charge in [0.25, 0.3) is 5.91 Å². The van der Waals surface area contributed by atoms with Gasteiger partial charge < -0.3 is 10.0 Å². The zero-order valence-electron chi connectivity index (χ0n) is 10.2. The molecule has 19 heavy (non-hydrogen) atoms. The molecule has 5 nitrogen and oxygen atoms in total. The Bertz CT molecular complexity index is 550. The standard InChI is InChI=1S/C12H12F2N2O3/c1-12(11(18)19)4-2-6-16(12)10(17)7-3-5-15-9(14)8(7)13/h3,5H,2,4,6H2,1H3,(H,18,19). The Hall–Kier alpha value is -2.05. The maximum Gasteiger partial charge on any atom is 0.329 e. The molecule has 1 unspecified atom stereocenters. The number of rotatable bonds is 2. The summed E-state index contributed by atoms with van der Waals surface area (Å²) in [6.45, 7) is 1.60. The summed E-state index contributed by atoms with van der Waals surface area (Å²) in [5.41, 5.74) is -1.88. The van der Waals surface area contributed by atoms with E-state index >= 15 is 0 Å². The zero-order chi connectivity index (χ0) is 14.2. The second-order valence-electron chi connectivity index (χ2n) is 4.60.